The molecule has 2 amide bonds. The van der Waals surface area contributed by atoms with E-state index in [2.05, 4.69) is 0 Å². The van der Waals surface area contributed by atoms with Crippen LogP contribution in [0.3, 0.4) is 0 Å². The number of methoxy groups -OCH3 is 1. The highest BCUT2D eigenvalue weighted by Crippen LogP contribution is 2.36. The van der Waals surface area contributed by atoms with E-state index in [1.165, 1.54) is 18.3 Å². The van der Waals surface area contributed by atoms with Gasteiger partial charge in [0.05, 0.1) is 36.1 Å². The van der Waals surface area contributed by atoms with Gasteiger partial charge in [0.25, 0.3) is 5.91 Å². The number of rotatable bonds is 5. The molecule has 8 heteroatoms. The van der Waals surface area contributed by atoms with Crippen LogP contribution in [0.15, 0.2) is 72.8 Å². The maximum Gasteiger partial charge on any atom is 0.272 e. The number of aromatic nitrogens is 1. The molecule has 0 aliphatic carbocycles. The van der Waals surface area contributed by atoms with Gasteiger partial charge in [-0.25, -0.2) is 4.98 Å². The topological polar surface area (TPSA) is 72.0 Å². The highest BCUT2D eigenvalue weighted by molar-refractivity contribution is 7.22. The predicted octanol–water partition coefficient (Wildman–Crippen LogP) is 4.65. The van der Waals surface area contributed by atoms with Crippen molar-refractivity contribution in [1.82, 2.24) is 4.98 Å². The van der Waals surface area contributed by atoms with Crippen LogP contribution in [0.25, 0.3) is 10.2 Å². The molecule has 1 aromatic heterocycles. The number of benzene rings is 3. The number of ether oxygens (including phenoxy) is 2. The number of carbonyl (C=O) groups excluding carboxylic acids is 2. The Hall–Kier alpha value is -3.91. The van der Waals surface area contributed by atoms with Gasteiger partial charge in [-0.05, 0) is 35.9 Å². The quantitative estimate of drug-likeness (QED) is 0.422. The van der Waals surface area contributed by atoms with Crippen molar-refractivity contribution in [2.45, 2.75) is 19.6 Å². The van der Waals surface area contributed by atoms with Crippen molar-refractivity contribution in [2.75, 3.05) is 23.5 Å². The summed E-state index contributed by atoms with van der Waals surface area (Å²) in [6.07, 6.45) is -0.857. The fraction of sp³-hybridized carbons (Fsp3) is 0.192. The van der Waals surface area contributed by atoms with Crippen LogP contribution in [0, 0.1) is 0 Å². The van der Waals surface area contributed by atoms with E-state index >= 15 is 0 Å². The fourth-order valence-electron chi connectivity index (χ4n) is 3.98. The second-order valence-corrected chi connectivity index (χ2v) is 8.95. The van der Waals surface area contributed by atoms with Gasteiger partial charge >= 0.3 is 0 Å². The van der Waals surface area contributed by atoms with Gasteiger partial charge in [0.1, 0.15) is 11.5 Å². The molecular weight excluding hydrogens is 450 g/mol. The van der Waals surface area contributed by atoms with Gasteiger partial charge in [-0.1, -0.05) is 53.8 Å². The second kappa shape index (κ2) is 9.15. The number of hydrogen-bond donors (Lipinski definition) is 0. The highest BCUT2D eigenvalue weighted by atomic mass is 32.1. The first-order valence-electron chi connectivity index (χ1n) is 10.9. The van der Waals surface area contributed by atoms with Crippen molar-refractivity contribution in [3.05, 3.63) is 78.4 Å². The monoisotopic (exact) mass is 473 g/mol. The number of para-hydroxylation sites is 2. The van der Waals surface area contributed by atoms with Crippen molar-refractivity contribution < 1.29 is 19.1 Å². The Balaban J connectivity index is 1.53. The Labute approximate surface area is 201 Å². The molecule has 2 heterocycles. The zero-order valence-corrected chi connectivity index (χ0v) is 19.6. The molecule has 1 aliphatic rings. The lowest BCUT2D eigenvalue weighted by molar-refractivity contribution is -0.125. The number of amides is 2. The summed E-state index contributed by atoms with van der Waals surface area (Å²) in [4.78, 5) is 34.2. The molecule has 0 spiro atoms. The molecule has 0 bridgehead atoms. The fourth-order valence-corrected chi connectivity index (χ4v) is 4.97. The number of fused-ring (bicyclic) bond motifs is 2. The standard InChI is InChI=1S/C26H23N3O4S/c1-17(30)28-16-23(33-22-11-7-6-10-21(22)28)25(31)29(15-18-8-4-3-5-9-18)26-27-20-13-12-19(32-2)14-24(20)34-26/h3-14,23H,15-16H2,1-2H3. The van der Waals surface area contributed by atoms with Gasteiger partial charge in [-0.3, -0.25) is 14.5 Å². The van der Waals surface area contributed by atoms with Gasteiger partial charge in [0.2, 0.25) is 5.91 Å². The van der Waals surface area contributed by atoms with Crippen LogP contribution in [0.1, 0.15) is 12.5 Å². The first-order valence-corrected chi connectivity index (χ1v) is 11.7. The zero-order valence-electron chi connectivity index (χ0n) is 18.8. The van der Waals surface area contributed by atoms with Gasteiger partial charge in [0, 0.05) is 6.92 Å². The minimum Gasteiger partial charge on any atom is -0.497 e. The van der Waals surface area contributed by atoms with Crippen LogP contribution in [0.5, 0.6) is 11.5 Å². The Bertz CT molecular complexity index is 1350. The normalized spacial score (nSPS) is 14.9. The van der Waals surface area contributed by atoms with Crippen LogP contribution >= 0.6 is 11.3 Å². The third kappa shape index (κ3) is 4.20. The van der Waals surface area contributed by atoms with Crippen LogP contribution in [0.2, 0.25) is 0 Å². The van der Waals surface area contributed by atoms with E-state index in [1.807, 2.05) is 66.7 Å². The number of carbonyl (C=O) groups is 2. The first kappa shape index (κ1) is 21.9. The van der Waals surface area contributed by atoms with E-state index in [1.54, 1.807) is 23.0 Å². The average Bonchev–Trinajstić information content (AvgIpc) is 3.29. The second-order valence-electron chi connectivity index (χ2n) is 7.94. The molecule has 34 heavy (non-hydrogen) atoms. The molecule has 0 saturated heterocycles. The summed E-state index contributed by atoms with van der Waals surface area (Å²) < 4.78 is 12.4. The molecule has 4 aromatic rings. The summed E-state index contributed by atoms with van der Waals surface area (Å²) >= 11 is 1.42. The number of nitrogens with zero attached hydrogens (tertiary/aromatic N) is 3. The van der Waals surface area contributed by atoms with Gasteiger partial charge in [-0.2, -0.15) is 0 Å². The van der Waals surface area contributed by atoms with E-state index in [0.717, 1.165) is 21.5 Å². The summed E-state index contributed by atoms with van der Waals surface area (Å²) in [5.41, 5.74) is 2.42. The van der Waals surface area contributed by atoms with Crippen molar-refractivity contribution in [1.29, 1.82) is 0 Å². The molecule has 0 fully saturated rings. The lowest BCUT2D eigenvalue weighted by Crippen LogP contribution is -2.51. The Morgan fingerprint density at radius 2 is 1.88 bits per heavy atom. The number of thiazole rings is 1. The maximum atomic E-state index is 13.9. The SMILES string of the molecule is COc1ccc2nc(N(Cc3ccccc3)C(=O)C3CN(C(C)=O)c4ccccc4O3)sc2c1. The average molecular weight is 474 g/mol. The number of hydrogen-bond acceptors (Lipinski definition) is 6. The maximum absolute atomic E-state index is 13.9. The lowest BCUT2D eigenvalue weighted by Gasteiger charge is -2.35. The summed E-state index contributed by atoms with van der Waals surface area (Å²) in [6, 6.07) is 22.6. The summed E-state index contributed by atoms with van der Waals surface area (Å²) in [5.74, 6) is 0.842. The van der Waals surface area contributed by atoms with E-state index in [0.29, 0.717) is 23.1 Å². The van der Waals surface area contributed by atoms with Crippen LogP contribution in [-0.2, 0) is 16.1 Å². The van der Waals surface area contributed by atoms with Crippen molar-refractivity contribution in [3.8, 4) is 11.5 Å². The molecule has 0 radical (unpaired) electrons. The van der Waals surface area contributed by atoms with Crippen LogP contribution in [-0.4, -0.2) is 36.6 Å². The Kier molecular flexibility index (Phi) is 5.90. The van der Waals surface area contributed by atoms with E-state index in [9.17, 15) is 9.59 Å². The molecule has 7 nitrogen and oxygen atoms in total. The minimum atomic E-state index is -0.857. The molecule has 0 saturated carbocycles. The molecule has 172 valence electrons. The first-order chi connectivity index (χ1) is 16.5. The van der Waals surface area contributed by atoms with Crippen molar-refractivity contribution in [3.63, 3.8) is 0 Å². The summed E-state index contributed by atoms with van der Waals surface area (Å²) in [7, 11) is 1.62. The lowest BCUT2D eigenvalue weighted by atomic mass is 10.1. The van der Waals surface area contributed by atoms with Gasteiger partial charge in [-0.15, -0.1) is 0 Å². The molecular formula is C26H23N3O4S. The predicted molar refractivity (Wildman–Crippen MR) is 133 cm³/mol. The van der Waals surface area contributed by atoms with Crippen LogP contribution in [0.4, 0.5) is 10.8 Å². The summed E-state index contributed by atoms with van der Waals surface area (Å²) in [6.45, 7) is 1.96. The molecule has 0 N–H and O–H groups in total. The van der Waals surface area contributed by atoms with Crippen LogP contribution < -0.4 is 19.3 Å². The molecule has 3 aromatic carbocycles. The molecule has 1 aliphatic heterocycles. The van der Waals surface area contributed by atoms with Crippen molar-refractivity contribution >= 4 is 44.2 Å². The third-order valence-corrected chi connectivity index (χ3v) is 6.74. The van der Waals surface area contributed by atoms with Gasteiger partial charge < -0.3 is 14.4 Å². The van der Waals surface area contributed by atoms with E-state index in [-0.39, 0.29) is 18.4 Å². The third-order valence-electron chi connectivity index (χ3n) is 5.69. The highest BCUT2D eigenvalue weighted by Gasteiger charge is 2.36. The zero-order chi connectivity index (χ0) is 23.7. The smallest absolute Gasteiger partial charge is 0.272 e. The van der Waals surface area contributed by atoms with E-state index < -0.39 is 6.10 Å². The molecule has 5 rings (SSSR count). The largest absolute Gasteiger partial charge is 0.497 e. The van der Waals surface area contributed by atoms with Crippen molar-refractivity contribution in [2.24, 2.45) is 0 Å². The minimum absolute atomic E-state index is 0.134. The Morgan fingerprint density at radius 3 is 2.65 bits per heavy atom. The van der Waals surface area contributed by atoms with Gasteiger partial charge in [0.15, 0.2) is 11.2 Å². The summed E-state index contributed by atoms with van der Waals surface area (Å²) in [5, 5.41) is 0.564. The van der Waals surface area contributed by atoms with E-state index in [4.69, 9.17) is 14.5 Å². The number of anilines is 2. The Morgan fingerprint density at radius 1 is 1.12 bits per heavy atom. The molecule has 1 unspecified atom stereocenters. The molecule has 1 atom stereocenters.